The van der Waals surface area contributed by atoms with Crippen LogP contribution in [-0.2, 0) is 15.7 Å². The zero-order chi connectivity index (χ0) is 15.7. The lowest BCUT2D eigenvalue weighted by atomic mass is 9.77. The summed E-state index contributed by atoms with van der Waals surface area (Å²) in [6.07, 6.45) is -1.86. The fourth-order valence-electron chi connectivity index (χ4n) is 2.40. The van der Waals surface area contributed by atoms with E-state index in [4.69, 9.17) is 10.5 Å². The molecule has 1 aromatic rings. The number of hydrogen-bond donors (Lipinski definition) is 2. The summed E-state index contributed by atoms with van der Waals surface area (Å²) in [4.78, 5) is 11.9. The number of halogens is 3. The van der Waals surface area contributed by atoms with Crippen LogP contribution in [0.15, 0.2) is 18.2 Å². The maximum atomic E-state index is 12.7. The van der Waals surface area contributed by atoms with E-state index < -0.39 is 17.3 Å². The first-order valence-corrected chi connectivity index (χ1v) is 6.57. The van der Waals surface area contributed by atoms with Crippen molar-refractivity contribution < 1.29 is 22.7 Å². The predicted molar refractivity (Wildman–Crippen MR) is 72.7 cm³/mol. The number of benzene rings is 1. The van der Waals surface area contributed by atoms with Crippen molar-refractivity contribution in [2.45, 2.75) is 37.5 Å². The lowest BCUT2D eigenvalue weighted by molar-refractivity contribution is -0.137. The Morgan fingerprint density at radius 2 is 2.10 bits per heavy atom. The lowest BCUT2D eigenvalue weighted by Crippen LogP contribution is -2.42. The summed E-state index contributed by atoms with van der Waals surface area (Å²) in [7, 11) is 1.54. The van der Waals surface area contributed by atoms with Gasteiger partial charge in [0, 0.05) is 18.5 Å². The van der Waals surface area contributed by atoms with E-state index in [0.717, 1.165) is 31.4 Å². The van der Waals surface area contributed by atoms with Gasteiger partial charge in [0.1, 0.15) is 0 Å². The standard InChI is InChI=1S/C14H17F3N2O2/c1-21-13(5-2-6-13)8-12(20)19-9-3-4-11(18)10(7-9)14(15,16)17/h3-4,7H,2,5-6,8,18H2,1H3,(H,19,20). The van der Waals surface area contributed by atoms with Crippen molar-refractivity contribution >= 4 is 17.3 Å². The van der Waals surface area contributed by atoms with E-state index in [1.54, 1.807) is 0 Å². The van der Waals surface area contributed by atoms with Crippen molar-refractivity contribution in [3.63, 3.8) is 0 Å². The van der Waals surface area contributed by atoms with Crippen molar-refractivity contribution in [3.05, 3.63) is 23.8 Å². The van der Waals surface area contributed by atoms with E-state index in [1.165, 1.54) is 13.2 Å². The molecular formula is C14H17F3N2O2. The molecule has 1 aliphatic carbocycles. The number of rotatable bonds is 4. The number of carbonyl (C=O) groups is 1. The molecule has 4 nitrogen and oxygen atoms in total. The van der Waals surface area contributed by atoms with Gasteiger partial charge < -0.3 is 15.8 Å². The van der Waals surface area contributed by atoms with E-state index in [1.807, 2.05) is 0 Å². The molecule has 1 fully saturated rings. The number of alkyl halides is 3. The van der Waals surface area contributed by atoms with E-state index in [0.29, 0.717) is 0 Å². The van der Waals surface area contributed by atoms with Crippen molar-refractivity contribution in [1.82, 2.24) is 0 Å². The maximum absolute atomic E-state index is 12.7. The number of nitrogens with one attached hydrogen (secondary N) is 1. The van der Waals surface area contributed by atoms with Gasteiger partial charge in [0.05, 0.1) is 17.6 Å². The summed E-state index contributed by atoms with van der Waals surface area (Å²) in [5, 5.41) is 2.47. The largest absolute Gasteiger partial charge is 0.418 e. The lowest BCUT2D eigenvalue weighted by Gasteiger charge is -2.39. The minimum absolute atomic E-state index is 0.0760. The molecule has 0 unspecified atom stereocenters. The number of ether oxygens (including phenoxy) is 1. The van der Waals surface area contributed by atoms with Crippen LogP contribution < -0.4 is 11.1 Å². The minimum Gasteiger partial charge on any atom is -0.398 e. The Balaban J connectivity index is 2.08. The average molecular weight is 302 g/mol. The first kappa shape index (κ1) is 15.6. The number of hydrogen-bond acceptors (Lipinski definition) is 3. The highest BCUT2D eigenvalue weighted by molar-refractivity contribution is 5.91. The molecule has 116 valence electrons. The Bertz CT molecular complexity index is 534. The highest BCUT2D eigenvalue weighted by Crippen LogP contribution is 2.38. The zero-order valence-electron chi connectivity index (χ0n) is 11.6. The molecular weight excluding hydrogens is 285 g/mol. The topological polar surface area (TPSA) is 64.3 Å². The third-order valence-electron chi connectivity index (χ3n) is 3.82. The second-order valence-electron chi connectivity index (χ2n) is 5.27. The second-order valence-corrected chi connectivity index (χ2v) is 5.27. The van der Waals surface area contributed by atoms with Crippen LogP contribution in [0, 0.1) is 0 Å². The fourth-order valence-corrected chi connectivity index (χ4v) is 2.40. The van der Waals surface area contributed by atoms with Gasteiger partial charge in [-0.25, -0.2) is 0 Å². The van der Waals surface area contributed by atoms with Gasteiger partial charge in [-0.2, -0.15) is 13.2 Å². The summed E-state index contributed by atoms with van der Waals surface area (Å²) >= 11 is 0. The highest BCUT2D eigenvalue weighted by atomic mass is 19.4. The first-order chi connectivity index (χ1) is 9.76. The molecule has 0 aromatic heterocycles. The van der Waals surface area contributed by atoms with Crippen molar-refractivity contribution in [2.75, 3.05) is 18.2 Å². The van der Waals surface area contributed by atoms with Crippen LogP contribution in [0.4, 0.5) is 24.5 Å². The van der Waals surface area contributed by atoms with Crippen LogP contribution in [-0.4, -0.2) is 18.6 Å². The van der Waals surface area contributed by atoms with E-state index in [-0.39, 0.29) is 23.7 Å². The number of carbonyl (C=O) groups excluding carboxylic acids is 1. The van der Waals surface area contributed by atoms with Crippen LogP contribution in [0.5, 0.6) is 0 Å². The molecule has 1 amide bonds. The summed E-state index contributed by atoms with van der Waals surface area (Å²) in [6.45, 7) is 0. The molecule has 3 N–H and O–H groups in total. The summed E-state index contributed by atoms with van der Waals surface area (Å²) in [6, 6.07) is 3.32. The molecule has 7 heteroatoms. The Kier molecular flexibility index (Phi) is 4.13. The fraction of sp³-hybridized carbons (Fsp3) is 0.500. The van der Waals surface area contributed by atoms with E-state index in [2.05, 4.69) is 5.32 Å². The first-order valence-electron chi connectivity index (χ1n) is 6.57. The molecule has 0 radical (unpaired) electrons. The molecule has 21 heavy (non-hydrogen) atoms. The van der Waals surface area contributed by atoms with E-state index >= 15 is 0 Å². The quantitative estimate of drug-likeness (QED) is 0.840. The Labute approximate surface area is 120 Å². The highest BCUT2D eigenvalue weighted by Gasteiger charge is 2.39. The number of amides is 1. The second kappa shape index (κ2) is 5.55. The van der Waals surface area contributed by atoms with Gasteiger partial charge in [0.25, 0.3) is 0 Å². The molecule has 0 spiro atoms. The van der Waals surface area contributed by atoms with Gasteiger partial charge in [-0.3, -0.25) is 4.79 Å². The number of anilines is 2. The van der Waals surface area contributed by atoms with Gasteiger partial charge in [-0.05, 0) is 37.5 Å². The molecule has 1 aromatic carbocycles. The molecule has 1 saturated carbocycles. The van der Waals surface area contributed by atoms with Gasteiger partial charge in [0.2, 0.25) is 5.91 Å². The van der Waals surface area contributed by atoms with Crippen LogP contribution in [0.2, 0.25) is 0 Å². The van der Waals surface area contributed by atoms with Crippen LogP contribution in [0.3, 0.4) is 0 Å². The van der Waals surface area contributed by atoms with Gasteiger partial charge in [-0.15, -0.1) is 0 Å². The third kappa shape index (κ3) is 3.47. The van der Waals surface area contributed by atoms with Gasteiger partial charge >= 0.3 is 6.18 Å². The predicted octanol–water partition coefficient (Wildman–Crippen LogP) is 3.19. The Hall–Kier alpha value is -1.76. The van der Waals surface area contributed by atoms with Crippen LogP contribution >= 0.6 is 0 Å². The smallest absolute Gasteiger partial charge is 0.398 e. The molecule has 0 aliphatic heterocycles. The Morgan fingerprint density at radius 1 is 1.43 bits per heavy atom. The minimum atomic E-state index is -4.55. The van der Waals surface area contributed by atoms with Crippen molar-refractivity contribution in [3.8, 4) is 0 Å². The molecule has 1 aliphatic rings. The zero-order valence-corrected chi connectivity index (χ0v) is 11.6. The van der Waals surface area contributed by atoms with E-state index in [9.17, 15) is 18.0 Å². The third-order valence-corrected chi connectivity index (χ3v) is 3.82. The molecule has 2 rings (SSSR count). The normalized spacial score (nSPS) is 17.1. The van der Waals surface area contributed by atoms with Gasteiger partial charge in [0.15, 0.2) is 0 Å². The van der Waals surface area contributed by atoms with Gasteiger partial charge in [-0.1, -0.05) is 0 Å². The van der Waals surface area contributed by atoms with Crippen LogP contribution in [0.25, 0.3) is 0 Å². The maximum Gasteiger partial charge on any atom is 0.418 e. The number of methoxy groups -OCH3 is 1. The molecule has 0 bridgehead atoms. The molecule has 0 saturated heterocycles. The van der Waals surface area contributed by atoms with Crippen LogP contribution in [0.1, 0.15) is 31.2 Å². The number of nitrogen functional groups attached to an aromatic ring is 1. The summed E-state index contributed by atoms with van der Waals surface area (Å²) < 4.78 is 43.5. The monoisotopic (exact) mass is 302 g/mol. The average Bonchev–Trinajstić information content (AvgIpc) is 2.35. The molecule has 0 atom stereocenters. The SMILES string of the molecule is COC1(CC(=O)Nc2ccc(N)c(C(F)(F)F)c2)CCC1. The van der Waals surface area contributed by atoms with Crippen molar-refractivity contribution in [2.24, 2.45) is 0 Å². The summed E-state index contributed by atoms with van der Waals surface area (Å²) in [5.74, 6) is -0.366. The Morgan fingerprint density at radius 3 is 2.57 bits per heavy atom. The number of nitrogens with two attached hydrogens (primary N) is 1. The van der Waals surface area contributed by atoms with Crippen molar-refractivity contribution in [1.29, 1.82) is 0 Å². The summed E-state index contributed by atoms with van der Waals surface area (Å²) in [5.41, 5.74) is 3.60. The molecule has 0 heterocycles.